The third-order valence-electron chi connectivity index (χ3n) is 3.04. The lowest BCUT2D eigenvalue weighted by molar-refractivity contribution is 0.639. The van der Waals surface area contributed by atoms with Crippen LogP contribution in [-0.2, 0) is 6.54 Å². The van der Waals surface area contributed by atoms with Gasteiger partial charge in [0, 0.05) is 16.6 Å². The second kappa shape index (κ2) is 5.17. The van der Waals surface area contributed by atoms with Crippen LogP contribution in [0.1, 0.15) is 18.4 Å². The van der Waals surface area contributed by atoms with Crippen LogP contribution in [0.4, 0.5) is 5.69 Å². The van der Waals surface area contributed by atoms with E-state index >= 15 is 0 Å². The van der Waals surface area contributed by atoms with E-state index in [1.54, 1.807) is 12.3 Å². The normalized spacial score (nSPS) is 14.4. The number of rotatable bonds is 4. The van der Waals surface area contributed by atoms with Gasteiger partial charge in [0.2, 0.25) is 0 Å². The number of hydrogen-bond acceptors (Lipinski definition) is 3. The smallest absolute Gasteiger partial charge is 0.269 e. The van der Waals surface area contributed by atoms with Gasteiger partial charge in [-0.25, -0.2) is 4.68 Å². The lowest BCUT2D eigenvalue weighted by atomic mass is 10.2. The molecule has 2 aromatic rings. The van der Waals surface area contributed by atoms with Gasteiger partial charge in [-0.2, -0.15) is 5.10 Å². The van der Waals surface area contributed by atoms with Crippen molar-refractivity contribution in [3.63, 3.8) is 0 Å². The largest absolute Gasteiger partial charge is 0.381 e. The van der Waals surface area contributed by atoms with Crippen molar-refractivity contribution in [2.24, 2.45) is 0 Å². The van der Waals surface area contributed by atoms with Gasteiger partial charge in [-0.05, 0) is 30.5 Å². The Morgan fingerprint density at radius 1 is 1.37 bits per heavy atom. The van der Waals surface area contributed by atoms with Gasteiger partial charge in [0.1, 0.15) is 0 Å². The fourth-order valence-corrected chi connectivity index (χ4v) is 2.35. The summed E-state index contributed by atoms with van der Waals surface area (Å²) in [5, 5.41) is 7.48. The van der Waals surface area contributed by atoms with Crippen LogP contribution < -0.4 is 10.9 Å². The first-order chi connectivity index (χ1) is 9.20. The summed E-state index contributed by atoms with van der Waals surface area (Å²) >= 11 is 3.42. The Morgan fingerprint density at radius 3 is 2.89 bits per heavy atom. The van der Waals surface area contributed by atoms with E-state index in [-0.39, 0.29) is 5.56 Å². The molecule has 0 radical (unpaired) electrons. The molecule has 1 aromatic carbocycles. The minimum absolute atomic E-state index is 0.0781. The number of hydrogen-bond donors (Lipinski definition) is 1. The molecule has 0 unspecified atom stereocenters. The standard InChI is InChI=1S/C14H14BrN3O/c15-11-3-1-2-10(6-11)9-18-14(19)7-13(8-16-18)17-12-4-5-12/h1-3,6-8,12,17H,4-5,9H2. The molecule has 5 heteroatoms. The van der Waals surface area contributed by atoms with E-state index in [9.17, 15) is 4.79 Å². The Bertz CT molecular complexity index is 649. The third kappa shape index (κ3) is 3.23. The third-order valence-corrected chi connectivity index (χ3v) is 3.53. The topological polar surface area (TPSA) is 46.9 Å². The van der Waals surface area contributed by atoms with E-state index < -0.39 is 0 Å². The lowest BCUT2D eigenvalue weighted by Crippen LogP contribution is -2.23. The molecule has 1 N–H and O–H groups in total. The predicted octanol–water partition coefficient (Wildman–Crippen LogP) is 2.63. The minimum atomic E-state index is -0.0781. The van der Waals surface area contributed by atoms with Crippen LogP contribution in [-0.4, -0.2) is 15.8 Å². The fourth-order valence-electron chi connectivity index (χ4n) is 1.90. The summed E-state index contributed by atoms with van der Waals surface area (Å²) in [4.78, 5) is 12.0. The number of anilines is 1. The molecule has 1 aliphatic rings. The SMILES string of the molecule is O=c1cc(NC2CC2)cnn1Cc1cccc(Br)c1. The Hall–Kier alpha value is -1.62. The molecular weight excluding hydrogens is 306 g/mol. The van der Waals surface area contributed by atoms with E-state index in [0.717, 1.165) is 15.7 Å². The molecule has 0 atom stereocenters. The zero-order chi connectivity index (χ0) is 13.2. The van der Waals surface area contributed by atoms with Crippen LogP contribution >= 0.6 is 15.9 Å². The maximum Gasteiger partial charge on any atom is 0.269 e. The maximum absolute atomic E-state index is 12.0. The molecule has 1 saturated carbocycles. The number of aromatic nitrogens is 2. The van der Waals surface area contributed by atoms with Crippen molar-refractivity contribution in [2.75, 3.05) is 5.32 Å². The van der Waals surface area contributed by atoms with E-state index in [1.807, 2.05) is 24.3 Å². The molecule has 3 rings (SSSR count). The number of nitrogens with one attached hydrogen (secondary N) is 1. The van der Waals surface area contributed by atoms with Gasteiger partial charge < -0.3 is 5.32 Å². The Kier molecular flexibility index (Phi) is 3.38. The van der Waals surface area contributed by atoms with Gasteiger partial charge in [0.05, 0.1) is 18.4 Å². The molecule has 0 aliphatic heterocycles. The van der Waals surface area contributed by atoms with E-state index in [1.165, 1.54) is 17.5 Å². The Balaban J connectivity index is 1.79. The Labute approximate surface area is 119 Å². The van der Waals surface area contributed by atoms with Crippen molar-refractivity contribution in [1.29, 1.82) is 0 Å². The molecule has 0 amide bonds. The summed E-state index contributed by atoms with van der Waals surface area (Å²) in [6, 6.07) is 10.0. The minimum Gasteiger partial charge on any atom is -0.381 e. The van der Waals surface area contributed by atoms with Gasteiger partial charge >= 0.3 is 0 Å². The van der Waals surface area contributed by atoms with Crippen LogP contribution in [0, 0.1) is 0 Å². The summed E-state index contributed by atoms with van der Waals surface area (Å²) in [7, 11) is 0. The average molecular weight is 320 g/mol. The Morgan fingerprint density at radius 2 is 2.21 bits per heavy atom. The first kappa shape index (κ1) is 12.4. The second-order valence-electron chi connectivity index (χ2n) is 4.79. The highest BCUT2D eigenvalue weighted by Gasteiger charge is 2.21. The lowest BCUT2D eigenvalue weighted by Gasteiger charge is -2.07. The van der Waals surface area contributed by atoms with Gasteiger partial charge in [-0.15, -0.1) is 0 Å². The zero-order valence-corrected chi connectivity index (χ0v) is 11.9. The maximum atomic E-state index is 12.0. The van der Waals surface area contributed by atoms with Crippen LogP contribution in [0.2, 0.25) is 0 Å². The number of nitrogens with zero attached hydrogens (tertiary/aromatic N) is 2. The molecule has 4 nitrogen and oxygen atoms in total. The number of halogens is 1. The first-order valence-electron chi connectivity index (χ1n) is 6.29. The zero-order valence-electron chi connectivity index (χ0n) is 10.3. The van der Waals surface area contributed by atoms with Gasteiger partial charge in [-0.3, -0.25) is 4.79 Å². The average Bonchev–Trinajstić information content (AvgIpc) is 3.17. The molecule has 1 heterocycles. The first-order valence-corrected chi connectivity index (χ1v) is 7.08. The molecule has 19 heavy (non-hydrogen) atoms. The molecule has 1 fully saturated rings. The van der Waals surface area contributed by atoms with Crippen molar-refractivity contribution in [2.45, 2.75) is 25.4 Å². The van der Waals surface area contributed by atoms with Crippen molar-refractivity contribution < 1.29 is 0 Å². The molecule has 1 aliphatic carbocycles. The van der Waals surface area contributed by atoms with Gasteiger partial charge in [0.25, 0.3) is 5.56 Å². The van der Waals surface area contributed by atoms with Gasteiger partial charge in [-0.1, -0.05) is 28.1 Å². The van der Waals surface area contributed by atoms with Crippen molar-refractivity contribution >= 4 is 21.6 Å². The molecule has 98 valence electrons. The monoisotopic (exact) mass is 319 g/mol. The van der Waals surface area contributed by atoms with Crippen LogP contribution in [0.3, 0.4) is 0 Å². The van der Waals surface area contributed by atoms with Crippen molar-refractivity contribution in [3.8, 4) is 0 Å². The van der Waals surface area contributed by atoms with E-state index in [0.29, 0.717) is 12.6 Å². The van der Waals surface area contributed by atoms with Crippen LogP contribution in [0.25, 0.3) is 0 Å². The highest BCUT2D eigenvalue weighted by Crippen LogP contribution is 2.23. The van der Waals surface area contributed by atoms with Crippen molar-refractivity contribution in [1.82, 2.24) is 9.78 Å². The summed E-state index contributed by atoms with van der Waals surface area (Å²) in [5.41, 5.74) is 1.79. The quantitative estimate of drug-likeness (QED) is 0.942. The van der Waals surface area contributed by atoms with Crippen LogP contribution in [0.5, 0.6) is 0 Å². The molecule has 0 spiro atoms. The van der Waals surface area contributed by atoms with E-state index in [2.05, 4.69) is 26.3 Å². The number of benzene rings is 1. The summed E-state index contributed by atoms with van der Waals surface area (Å²) < 4.78 is 2.48. The summed E-state index contributed by atoms with van der Waals surface area (Å²) in [6.45, 7) is 0.488. The highest BCUT2D eigenvalue weighted by molar-refractivity contribution is 9.10. The summed E-state index contributed by atoms with van der Waals surface area (Å²) in [5.74, 6) is 0. The van der Waals surface area contributed by atoms with E-state index in [4.69, 9.17) is 0 Å². The van der Waals surface area contributed by atoms with Crippen LogP contribution in [0.15, 0.2) is 45.8 Å². The molecular formula is C14H14BrN3O. The van der Waals surface area contributed by atoms with Crippen molar-refractivity contribution in [3.05, 3.63) is 56.9 Å². The fraction of sp³-hybridized carbons (Fsp3) is 0.286. The molecule has 0 bridgehead atoms. The second-order valence-corrected chi connectivity index (χ2v) is 5.70. The van der Waals surface area contributed by atoms with Gasteiger partial charge in [0.15, 0.2) is 0 Å². The highest BCUT2D eigenvalue weighted by atomic mass is 79.9. The molecule has 0 saturated heterocycles. The molecule has 1 aromatic heterocycles. The predicted molar refractivity (Wildman–Crippen MR) is 78.4 cm³/mol. The summed E-state index contributed by atoms with van der Waals surface area (Å²) in [6.07, 6.45) is 4.08.